The van der Waals surface area contributed by atoms with Crippen molar-refractivity contribution in [2.45, 2.75) is 51.6 Å². The van der Waals surface area contributed by atoms with Gasteiger partial charge in [-0.3, -0.25) is 14.5 Å². The maximum Gasteiger partial charge on any atom is 0.325 e. The zero-order chi connectivity index (χ0) is 22.9. The van der Waals surface area contributed by atoms with Crippen LogP contribution in [0.2, 0.25) is 0 Å². The van der Waals surface area contributed by atoms with E-state index in [1.165, 1.54) is 0 Å². The summed E-state index contributed by atoms with van der Waals surface area (Å²) in [6.07, 6.45) is 2.20. The molecule has 2 aromatic rings. The second-order valence-corrected chi connectivity index (χ2v) is 10.1. The van der Waals surface area contributed by atoms with E-state index in [1.807, 2.05) is 60.7 Å². The van der Waals surface area contributed by atoms with Gasteiger partial charge in [0.05, 0.1) is 6.04 Å². The summed E-state index contributed by atoms with van der Waals surface area (Å²) in [4.78, 5) is 40.2. The van der Waals surface area contributed by atoms with E-state index < -0.39 is 11.6 Å². The molecule has 2 N–H and O–H groups in total. The topological polar surface area (TPSA) is 78.5 Å². The van der Waals surface area contributed by atoms with Crippen molar-refractivity contribution in [1.82, 2.24) is 15.5 Å². The summed E-state index contributed by atoms with van der Waals surface area (Å²) in [7, 11) is 0. The third-order valence-corrected chi connectivity index (χ3v) is 6.50. The van der Waals surface area contributed by atoms with Crippen LogP contribution in [0.25, 0.3) is 0 Å². The molecule has 168 valence electrons. The van der Waals surface area contributed by atoms with Crippen LogP contribution in [-0.4, -0.2) is 34.8 Å². The summed E-state index contributed by atoms with van der Waals surface area (Å²) in [5.74, 6) is -0.336. The first-order valence-electron chi connectivity index (χ1n) is 11.2. The second kappa shape index (κ2) is 8.41. The number of urea groups is 1. The first-order valence-corrected chi connectivity index (χ1v) is 11.2. The van der Waals surface area contributed by atoms with Gasteiger partial charge in [-0.1, -0.05) is 81.4 Å². The van der Waals surface area contributed by atoms with E-state index in [4.69, 9.17) is 0 Å². The number of imide groups is 1. The molecule has 32 heavy (non-hydrogen) atoms. The average Bonchev–Trinajstić information content (AvgIpc) is 2.95. The third kappa shape index (κ3) is 4.40. The molecule has 1 aliphatic carbocycles. The Morgan fingerprint density at radius 1 is 1.03 bits per heavy atom. The van der Waals surface area contributed by atoms with Crippen LogP contribution in [-0.2, 0) is 9.59 Å². The molecule has 6 heteroatoms. The number of nitrogens with zero attached hydrogens (tertiary/aromatic N) is 1. The van der Waals surface area contributed by atoms with Gasteiger partial charge in [-0.2, -0.15) is 0 Å². The van der Waals surface area contributed by atoms with Crippen LogP contribution in [0.15, 0.2) is 60.7 Å². The van der Waals surface area contributed by atoms with Crippen LogP contribution in [0.3, 0.4) is 0 Å². The Balaban J connectivity index is 1.52. The molecule has 4 amide bonds. The molecule has 4 rings (SSSR count). The van der Waals surface area contributed by atoms with Gasteiger partial charge in [-0.05, 0) is 41.7 Å². The Morgan fingerprint density at radius 3 is 2.12 bits per heavy atom. The van der Waals surface area contributed by atoms with Gasteiger partial charge in [0.25, 0.3) is 5.91 Å². The molecule has 0 bridgehead atoms. The highest BCUT2D eigenvalue weighted by molar-refractivity contribution is 6.09. The molecule has 0 aromatic heterocycles. The maximum atomic E-state index is 13.3. The summed E-state index contributed by atoms with van der Waals surface area (Å²) in [6, 6.07) is 18.5. The van der Waals surface area contributed by atoms with Gasteiger partial charge >= 0.3 is 6.03 Å². The molecule has 2 fully saturated rings. The Bertz CT molecular complexity index is 966. The third-order valence-electron chi connectivity index (χ3n) is 6.50. The molecule has 0 radical (unpaired) electrons. The van der Waals surface area contributed by atoms with E-state index in [0.29, 0.717) is 18.8 Å². The van der Waals surface area contributed by atoms with Crippen LogP contribution in [0.5, 0.6) is 0 Å². The van der Waals surface area contributed by atoms with Crippen LogP contribution >= 0.6 is 0 Å². The SMILES string of the molecule is CC1CC(C)(C)CC2(C1)NC(=O)N(CC(=O)NC(c1ccccc1)c1ccccc1)C2=O. The Morgan fingerprint density at radius 2 is 1.59 bits per heavy atom. The van der Waals surface area contributed by atoms with E-state index >= 15 is 0 Å². The van der Waals surface area contributed by atoms with E-state index in [0.717, 1.165) is 22.4 Å². The van der Waals surface area contributed by atoms with E-state index in [2.05, 4.69) is 31.4 Å². The number of nitrogens with one attached hydrogen (secondary N) is 2. The summed E-state index contributed by atoms with van der Waals surface area (Å²) in [5.41, 5.74) is 0.911. The van der Waals surface area contributed by atoms with Crippen molar-refractivity contribution in [2.24, 2.45) is 11.3 Å². The van der Waals surface area contributed by atoms with Crippen molar-refractivity contribution < 1.29 is 14.4 Å². The number of carbonyl (C=O) groups excluding carboxylic acids is 3. The molecular formula is C26H31N3O3. The van der Waals surface area contributed by atoms with Crippen LogP contribution in [0.1, 0.15) is 57.2 Å². The molecule has 6 nitrogen and oxygen atoms in total. The van der Waals surface area contributed by atoms with E-state index in [1.54, 1.807) is 0 Å². The smallest absolute Gasteiger partial charge is 0.325 e. The van der Waals surface area contributed by atoms with Gasteiger partial charge in [0, 0.05) is 0 Å². The largest absolute Gasteiger partial charge is 0.344 e. The van der Waals surface area contributed by atoms with Crippen molar-refractivity contribution in [2.75, 3.05) is 6.54 Å². The lowest BCUT2D eigenvalue weighted by Crippen LogP contribution is -2.54. The fraction of sp³-hybridized carbons (Fsp3) is 0.423. The molecule has 1 aliphatic heterocycles. The van der Waals surface area contributed by atoms with Gasteiger partial charge in [0.15, 0.2) is 0 Å². The van der Waals surface area contributed by atoms with Crippen molar-refractivity contribution in [3.8, 4) is 0 Å². The predicted octanol–water partition coefficient (Wildman–Crippen LogP) is 4.03. The Hall–Kier alpha value is -3.15. The van der Waals surface area contributed by atoms with Crippen molar-refractivity contribution >= 4 is 17.8 Å². The zero-order valence-corrected chi connectivity index (χ0v) is 18.9. The number of hydrogen-bond donors (Lipinski definition) is 2. The van der Waals surface area contributed by atoms with E-state index in [9.17, 15) is 14.4 Å². The maximum absolute atomic E-state index is 13.3. The lowest BCUT2D eigenvalue weighted by Gasteiger charge is -2.43. The lowest BCUT2D eigenvalue weighted by atomic mass is 9.64. The minimum absolute atomic E-state index is 0.0510. The molecule has 2 aromatic carbocycles. The molecule has 2 unspecified atom stereocenters. The molecule has 1 spiro atoms. The lowest BCUT2D eigenvalue weighted by molar-refractivity contribution is -0.137. The fourth-order valence-electron chi connectivity index (χ4n) is 5.65. The number of hydrogen-bond acceptors (Lipinski definition) is 3. The number of carbonyl (C=O) groups is 3. The Labute approximate surface area is 189 Å². The number of rotatable bonds is 5. The van der Waals surface area contributed by atoms with Crippen LogP contribution < -0.4 is 10.6 Å². The van der Waals surface area contributed by atoms with Gasteiger partial charge < -0.3 is 10.6 Å². The molecular weight excluding hydrogens is 402 g/mol. The highest BCUT2D eigenvalue weighted by Gasteiger charge is 2.56. The zero-order valence-electron chi connectivity index (χ0n) is 18.9. The van der Waals surface area contributed by atoms with E-state index in [-0.39, 0.29) is 29.8 Å². The first-order chi connectivity index (χ1) is 15.2. The molecule has 1 heterocycles. The summed E-state index contributed by atoms with van der Waals surface area (Å²) < 4.78 is 0. The van der Waals surface area contributed by atoms with Crippen LogP contribution in [0, 0.1) is 11.3 Å². The van der Waals surface area contributed by atoms with Crippen molar-refractivity contribution in [3.63, 3.8) is 0 Å². The standard InChI is InChI=1S/C26H31N3O3/c1-18-14-25(2,3)17-26(15-18)23(31)29(24(32)28-26)16-21(30)27-22(19-10-6-4-7-11-19)20-12-8-5-9-13-20/h4-13,18,22H,14-17H2,1-3H3,(H,27,30)(H,28,32). The monoisotopic (exact) mass is 433 g/mol. The van der Waals surface area contributed by atoms with Crippen molar-refractivity contribution in [1.29, 1.82) is 0 Å². The summed E-state index contributed by atoms with van der Waals surface area (Å²) in [5, 5.41) is 5.96. The minimum atomic E-state index is -0.906. The molecule has 2 atom stereocenters. The number of benzene rings is 2. The fourth-order valence-corrected chi connectivity index (χ4v) is 5.65. The van der Waals surface area contributed by atoms with Crippen LogP contribution in [0.4, 0.5) is 4.79 Å². The summed E-state index contributed by atoms with van der Waals surface area (Å²) >= 11 is 0. The van der Waals surface area contributed by atoms with Crippen molar-refractivity contribution in [3.05, 3.63) is 71.8 Å². The molecule has 2 aliphatic rings. The van der Waals surface area contributed by atoms with Gasteiger partial charge in [-0.15, -0.1) is 0 Å². The van der Waals surface area contributed by atoms with Gasteiger partial charge in [0.1, 0.15) is 12.1 Å². The normalized spacial score (nSPS) is 24.6. The minimum Gasteiger partial charge on any atom is -0.344 e. The Kier molecular flexibility index (Phi) is 5.80. The van der Waals surface area contributed by atoms with Gasteiger partial charge in [-0.25, -0.2) is 4.79 Å². The molecule has 1 saturated heterocycles. The predicted molar refractivity (Wildman–Crippen MR) is 123 cm³/mol. The second-order valence-electron chi connectivity index (χ2n) is 10.1. The average molecular weight is 434 g/mol. The highest BCUT2D eigenvalue weighted by atomic mass is 16.2. The first kappa shape index (κ1) is 22.1. The highest BCUT2D eigenvalue weighted by Crippen LogP contribution is 2.46. The quantitative estimate of drug-likeness (QED) is 0.699. The summed E-state index contributed by atoms with van der Waals surface area (Å²) in [6.45, 7) is 6.08. The van der Waals surface area contributed by atoms with Gasteiger partial charge in [0.2, 0.25) is 5.91 Å². The number of amides is 4. The molecule has 1 saturated carbocycles.